The number of anilines is 1. The summed E-state index contributed by atoms with van der Waals surface area (Å²) in [4.78, 5) is 32.5. The second kappa shape index (κ2) is 7.92. The molecule has 0 saturated carbocycles. The van der Waals surface area contributed by atoms with Crippen molar-refractivity contribution in [1.29, 1.82) is 0 Å². The van der Waals surface area contributed by atoms with Crippen LogP contribution in [0.5, 0.6) is 0 Å². The minimum Gasteiger partial charge on any atom is -0.342 e. The van der Waals surface area contributed by atoms with E-state index in [2.05, 4.69) is 4.98 Å². The molecule has 0 aromatic carbocycles. The fraction of sp³-hybridized carbons (Fsp3) is 0.588. The van der Waals surface area contributed by atoms with Crippen molar-refractivity contribution in [3.63, 3.8) is 0 Å². The summed E-state index contributed by atoms with van der Waals surface area (Å²) in [6.07, 6.45) is 6.58. The van der Waals surface area contributed by atoms with E-state index in [-0.39, 0.29) is 17.7 Å². The highest BCUT2D eigenvalue weighted by molar-refractivity contribution is 5.95. The molecular weight excluding hydrogens is 278 g/mol. The molecule has 0 N–H and O–H groups in total. The molecule has 1 saturated heterocycles. The lowest BCUT2D eigenvalue weighted by molar-refractivity contribution is -0.135. The number of rotatable bonds is 5. The van der Waals surface area contributed by atoms with Crippen molar-refractivity contribution in [3.05, 3.63) is 24.5 Å². The minimum atomic E-state index is -0.0947. The molecule has 1 aromatic rings. The summed E-state index contributed by atoms with van der Waals surface area (Å²) in [6, 6.07) is 3.70. The van der Waals surface area contributed by atoms with Gasteiger partial charge in [0.15, 0.2) is 0 Å². The third-order valence-corrected chi connectivity index (χ3v) is 4.14. The SMILES string of the molecule is CCCC(=O)N1CCCC(C(=O)N(CC)c2ccncc2)C1. The first-order chi connectivity index (χ1) is 10.7. The zero-order chi connectivity index (χ0) is 15.9. The molecule has 1 aromatic heterocycles. The molecule has 0 aliphatic carbocycles. The van der Waals surface area contributed by atoms with Gasteiger partial charge in [0, 0.05) is 44.1 Å². The number of nitrogens with zero attached hydrogens (tertiary/aromatic N) is 3. The van der Waals surface area contributed by atoms with Crippen molar-refractivity contribution in [3.8, 4) is 0 Å². The molecule has 2 rings (SSSR count). The Labute approximate surface area is 132 Å². The molecule has 5 nitrogen and oxygen atoms in total. The van der Waals surface area contributed by atoms with Crippen LogP contribution in [0.4, 0.5) is 5.69 Å². The molecule has 0 radical (unpaired) electrons. The van der Waals surface area contributed by atoms with Crippen LogP contribution in [0.1, 0.15) is 39.5 Å². The molecular formula is C17H25N3O2. The van der Waals surface area contributed by atoms with Gasteiger partial charge in [0.05, 0.1) is 5.92 Å². The van der Waals surface area contributed by atoms with Gasteiger partial charge in [-0.2, -0.15) is 0 Å². The van der Waals surface area contributed by atoms with E-state index in [0.717, 1.165) is 31.5 Å². The Morgan fingerprint density at radius 3 is 2.68 bits per heavy atom. The molecule has 1 atom stereocenters. The van der Waals surface area contributed by atoms with Gasteiger partial charge in [-0.25, -0.2) is 0 Å². The topological polar surface area (TPSA) is 53.5 Å². The Morgan fingerprint density at radius 2 is 2.05 bits per heavy atom. The second-order valence-corrected chi connectivity index (χ2v) is 5.72. The van der Waals surface area contributed by atoms with Gasteiger partial charge >= 0.3 is 0 Å². The van der Waals surface area contributed by atoms with Crippen LogP contribution >= 0.6 is 0 Å². The van der Waals surface area contributed by atoms with Gasteiger partial charge in [-0.05, 0) is 38.3 Å². The number of carbonyl (C=O) groups is 2. The van der Waals surface area contributed by atoms with E-state index < -0.39 is 0 Å². The number of carbonyl (C=O) groups excluding carboxylic acids is 2. The molecule has 2 amide bonds. The summed E-state index contributed by atoms with van der Waals surface area (Å²) in [7, 11) is 0. The van der Waals surface area contributed by atoms with E-state index in [0.29, 0.717) is 19.5 Å². The van der Waals surface area contributed by atoms with Gasteiger partial charge in [-0.3, -0.25) is 14.6 Å². The lowest BCUT2D eigenvalue weighted by Gasteiger charge is -2.34. The van der Waals surface area contributed by atoms with Crippen LogP contribution in [-0.4, -0.2) is 41.3 Å². The lowest BCUT2D eigenvalue weighted by atomic mass is 9.96. The van der Waals surface area contributed by atoms with E-state index >= 15 is 0 Å². The summed E-state index contributed by atoms with van der Waals surface area (Å²) in [5.41, 5.74) is 0.875. The lowest BCUT2D eigenvalue weighted by Crippen LogP contribution is -2.46. The Kier molecular flexibility index (Phi) is 5.92. The number of piperidine rings is 1. The van der Waals surface area contributed by atoms with Gasteiger partial charge in [0.1, 0.15) is 0 Å². The smallest absolute Gasteiger partial charge is 0.231 e. The van der Waals surface area contributed by atoms with Gasteiger partial charge in [-0.1, -0.05) is 6.92 Å². The maximum Gasteiger partial charge on any atom is 0.231 e. The molecule has 0 bridgehead atoms. The molecule has 5 heteroatoms. The van der Waals surface area contributed by atoms with Gasteiger partial charge in [-0.15, -0.1) is 0 Å². The first-order valence-corrected chi connectivity index (χ1v) is 8.16. The average molecular weight is 303 g/mol. The van der Waals surface area contributed by atoms with E-state index in [1.807, 2.05) is 30.9 Å². The van der Waals surface area contributed by atoms with Gasteiger partial charge < -0.3 is 9.80 Å². The van der Waals surface area contributed by atoms with Crippen molar-refractivity contribution in [1.82, 2.24) is 9.88 Å². The summed E-state index contributed by atoms with van der Waals surface area (Å²) in [5, 5.41) is 0. The molecule has 1 aliphatic heterocycles. The van der Waals surface area contributed by atoms with Crippen LogP contribution in [0.25, 0.3) is 0 Å². The number of likely N-dealkylation sites (tertiary alicyclic amines) is 1. The quantitative estimate of drug-likeness (QED) is 0.839. The highest BCUT2D eigenvalue weighted by atomic mass is 16.2. The average Bonchev–Trinajstić information content (AvgIpc) is 2.57. The van der Waals surface area contributed by atoms with Crippen LogP contribution in [0.15, 0.2) is 24.5 Å². The molecule has 1 fully saturated rings. The third kappa shape index (κ3) is 3.84. The Morgan fingerprint density at radius 1 is 1.32 bits per heavy atom. The molecule has 22 heavy (non-hydrogen) atoms. The predicted octanol–water partition coefficient (Wildman–Crippen LogP) is 2.47. The van der Waals surface area contributed by atoms with Gasteiger partial charge in [0.25, 0.3) is 0 Å². The molecule has 2 heterocycles. The van der Waals surface area contributed by atoms with Crippen LogP contribution in [0, 0.1) is 5.92 Å². The number of hydrogen-bond donors (Lipinski definition) is 0. The fourth-order valence-electron chi connectivity index (χ4n) is 2.99. The third-order valence-electron chi connectivity index (χ3n) is 4.14. The summed E-state index contributed by atoms with van der Waals surface area (Å²) in [6.45, 7) is 5.94. The number of aromatic nitrogens is 1. The van der Waals surface area contributed by atoms with Crippen molar-refractivity contribution in [2.24, 2.45) is 5.92 Å². The van der Waals surface area contributed by atoms with Crippen molar-refractivity contribution < 1.29 is 9.59 Å². The maximum atomic E-state index is 12.8. The fourth-order valence-corrected chi connectivity index (χ4v) is 2.99. The number of amides is 2. The van der Waals surface area contributed by atoms with E-state index in [1.165, 1.54) is 0 Å². The highest BCUT2D eigenvalue weighted by Gasteiger charge is 2.31. The zero-order valence-corrected chi connectivity index (χ0v) is 13.5. The largest absolute Gasteiger partial charge is 0.342 e. The molecule has 120 valence electrons. The number of pyridine rings is 1. The monoisotopic (exact) mass is 303 g/mol. The van der Waals surface area contributed by atoms with Crippen molar-refractivity contribution in [2.75, 3.05) is 24.5 Å². The molecule has 0 spiro atoms. The standard InChI is InChI=1S/C17H25N3O2/c1-3-6-16(21)19-12-5-7-14(13-19)17(22)20(4-2)15-8-10-18-11-9-15/h8-11,14H,3-7,12-13H2,1-2H3. The summed E-state index contributed by atoms with van der Waals surface area (Å²) >= 11 is 0. The van der Waals surface area contributed by atoms with Crippen LogP contribution in [0.2, 0.25) is 0 Å². The number of hydrogen-bond acceptors (Lipinski definition) is 3. The maximum absolute atomic E-state index is 12.8. The second-order valence-electron chi connectivity index (χ2n) is 5.72. The Balaban J connectivity index is 2.06. The van der Waals surface area contributed by atoms with Gasteiger partial charge in [0.2, 0.25) is 11.8 Å². The molecule has 1 aliphatic rings. The normalized spacial score (nSPS) is 18.1. The van der Waals surface area contributed by atoms with E-state index in [4.69, 9.17) is 0 Å². The molecule has 1 unspecified atom stereocenters. The Bertz CT molecular complexity index is 504. The first-order valence-electron chi connectivity index (χ1n) is 8.16. The first kappa shape index (κ1) is 16.5. The highest BCUT2D eigenvalue weighted by Crippen LogP contribution is 2.23. The van der Waals surface area contributed by atoms with Crippen LogP contribution < -0.4 is 4.90 Å². The van der Waals surface area contributed by atoms with Crippen LogP contribution in [-0.2, 0) is 9.59 Å². The zero-order valence-electron chi connectivity index (χ0n) is 13.5. The summed E-state index contributed by atoms with van der Waals surface area (Å²) in [5.74, 6) is 0.192. The van der Waals surface area contributed by atoms with Crippen molar-refractivity contribution >= 4 is 17.5 Å². The van der Waals surface area contributed by atoms with Crippen LogP contribution in [0.3, 0.4) is 0 Å². The predicted molar refractivity (Wildman–Crippen MR) is 86.5 cm³/mol. The van der Waals surface area contributed by atoms with E-state index in [9.17, 15) is 9.59 Å². The van der Waals surface area contributed by atoms with Crippen molar-refractivity contribution in [2.45, 2.75) is 39.5 Å². The summed E-state index contributed by atoms with van der Waals surface area (Å²) < 4.78 is 0. The minimum absolute atomic E-state index is 0.0947. The van der Waals surface area contributed by atoms with E-state index in [1.54, 1.807) is 17.3 Å². The Hall–Kier alpha value is -1.91.